The van der Waals surface area contributed by atoms with Gasteiger partial charge in [-0.25, -0.2) is 8.42 Å². The van der Waals surface area contributed by atoms with Gasteiger partial charge in [0, 0.05) is 6.54 Å². The number of nitrogens with zero attached hydrogens (tertiary/aromatic N) is 1. The Balaban J connectivity index is 2.07. The first kappa shape index (κ1) is 21.9. The molecule has 7 heteroatoms. The zero-order chi connectivity index (χ0) is 20.7. The monoisotopic (exact) mass is 404 g/mol. The average Bonchev–Trinajstić information content (AvgIpc) is 2.66. The standard InChI is InChI=1S/C21H28N2O4S/c1-5-20(18-10-12-19(27-3)13-11-18)22-21(24)15-23(28(4,25)26)14-17-8-6-16(2)7-9-17/h6-13,20H,5,14-15H2,1-4H3,(H,22,24)/t20-/m1/s1. The van der Waals surface area contributed by atoms with Crippen molar-refractivity contribution in [2.75, 3.05) is 19.9 Å². The van der Waals surface area contributed by atoms with Crippen molar-refractivity contribution in [3.05, 3.63) is 65.2 Å². The Morgan fingerprint density at radius 2 is 1.71 bits per heavy atom. The van der Waals surface area contributed by atoms with Gasteiger partial charge in [0.25, 0.3) is 0 Å². The van der Waals surface area contributed by atoms with Gasteiger partial charge >= 0.3 is 0 Å². The normalized spacial score (nSPS) is 12.6. The molecular weight excluding hydrogens is 376 g/mol. The van der Waals surface area contributed by atoms with Crippen LogP contribution in [-0.2, 0) is 21.4 Å². The lowest BCUT2D eigenvalue weighted by Crippen LogP contribution is -2.41. The van der Waals surface area contributed by atoms with Crippen LogP contribution in [0, 0.1) is 6.92 Å². The van der Waals surface area contributed by atoms with Gasteiger partial charge in [-0.15, -0.1) is 0 Å². The molecule has 1 atom stereocenters. The molecule has 152 valence electrons. The minimum absolute atomic E-state index is 0.159. The van der Waals surface area contributed by atoms with Crippen molar-refractivity contribution in [3.8, 4) is 5.75 Å². The summed E-state index contributed by atoms with van der Waals surface area (Å²) in [5.41, 5.74) is 2.88. The molecule has 6 nitrogen and oxygen atoms in total. The van der Waals surface area contributed by atoms with Crippen LogP contribution in [0.1, 0.15) is 36.1 Å². The minimum atomic E-state index is -3.53. The first-order chi connectivity index (χ1) is 13.2. The quantitative estimate of drug-likeness (QED) is 0.697. The number of amides is 1. The predicted octanol–water partition coefficient (Wildman–Crippen LogP) is 3.03. The number of hydrogen-bond donors (Lipinski definition) is 1. The van der Waals surface area contributed by atoms with Gasteiger partial charge in [-0.2, -0.15) is 4.31 Å². The average molecular weight is 405 g/mol. The SMILES string of the molecule is CC[C@@H](NC(=O)CN(Cc1ccc(C)cc1)S(C)(=O)=O)c1ccc(OC)cc1. The molecule has 0 radical (unpaired) electrons. The van der Waals surface area contributed by atoms with E-state index >= 15 is 0 Å². The van der Waals surface area contributed by atoms with Gasteiger partial charge in [0.2, 0.25) is 15.9 Å². The highest BCUT2D eigenvalue weighted by molar-refractivity contribution is 7.88. The third-order valence-corrected chi connectivity index (χ3v) is 5.73. The number of methoxy groups -OCH3 is 1. The molecule has 0 aliphatic rings. The van der Waals surface area contributed by atoms with E-state index in [1.807, 2.05) is 62.4 Å². The number of hydrogen-bond acceptors (Lipinski definition) is 4. The van der Waals surface area contributed by atoms with E-state index in [-0.39, 0.29) is 25.0 Å². The van der Waals surface area contributed by atoms with Crippen molar-refractivity contribution in [1.29, 1.82) is 0 Å². The van der Waals surface area contributed by atoms with Crippen LogP contribution >= 0.6 is 0 Å². The number of aryl methyl sites for hydroxylation is 1. The van der Waals surface area contributed by atoms with Crippen molar-refractivity contribution in [1.82, 2.24) is 9.62 Å². The highest BCUT2D eigenvalue weighted by Crippen LogP contribution is 2.20. The van der Waals surface area contributed by atoms with Crippen LogP contribution in [0.15, 0.2) is 48.5 Å². The molecule has 0 saturated heterocycles. The molecule has 0 aromatic heterocycles. The minimum Gasteiger partial charge on any atom is -0.497 e. The molecule has 0 heterocycles. The third-order valence-electron chi connectivity index (χ3n) is 4.53. The lowest BCUT2D eigenvalue weighted by Gasteiger charge is -2.22. The van der Waals surface area contributed by atoms with Crippen molar-refractivity contribution < 1.29 is 17.9 Å². The Morgan fingerprint density at radius 3 is 2.21 bits per heavy atom. The number of sulfonamides is 1. The summed E-state index contributed by atoms with van der Waals surface area (Å²) in [7, 11) is -1.93. The molecule has 2 aromatic rings. The number of benzene rings is 2. The summed E-state index contributed by atoms with van der Waals surface area (Å²) in [5.74, 6) is 0.409. The van der Waals surface area contributed by atoms with Gasteiger partial charge in [-0.05, 0) is 36.6 Å². The highest BCUT2D eigenvalue weighted by Gasteiger charge is 2.22. The van der Waals surface area contributed by atoms with Gasteiger partial charge in [-0.3, -0.25) is 4.79 Å². The van der Waals surface area contributed by atoms with Gasteiger partial charge < -0.3 is 10.1 Å². The van der Waals surface area contributed by atoms with Crippen LogP contribution in [0.25, 0.3) is 0 Å². The van der Waals surface area contributed by atoms with Crippen LogP contribution in [-0.4, -0.2) is 38.5 Å². The molecule has 0 bridgehead atoms. The first-order valence-corrected chi connectivity index (χ1v) is 11.0. The van der Waals surface area contributed by atoms with E-state index in [2.05, 4.69) is 5.32 Å². The number of nitrogens with one attached hydrogen (secondary N) is 1. The second-order valence-corrected chi connectivity index (χ2v) is 8.80. The van der Waals surface area contributed by atoms with Gasteiger partial charge in [0.05, 0.1) is 26.0 Å². The molecule has 2 aromatic carbocycles. The summed E-state index contributed by atoms with van der Waals surface area (Å²) in [6.07, 6.45) is 1.81. The Labute approximate surface area is 167 Å². The fourth-order valence-electron chi connectivity index (χ4n) is 2.84. The smallest absolute Gasteiger partial charge is 0.235 e. The second kappa shape index (κ2) is 9.71. The van der Waals surface area contributed by atoms with E-state index in [0.717, 1.165) is 28.7 Å². The molecule has 28 heavy (non-hydrogen) atoms. The summed E-state index contributed by atoms with van der Waals surface area (Å²) in [6, 6.07) is 14.9. The molecule has 0 aliphatic carbocycles. The highest BCUT2D eigenvalue weighted by atomic mass is 32.2. The van der Waals surface area contributed by atoms with Gasteiger partial charge in [0.1, 0.15) is 5.75 Å². The van der Waals surface area contributed by atoms with Crippen LogP contribution < -0.4 is 10.1 Å². The van der Waals surface area contributed by atoms with Crippen LogP contribution in [0.5, 0.6) is 5.75 Å². The van der Waals surface area contributed by atoms with Crippen molar-refractivity contribution in [2.45, 2.75) is 32.9 Å². The Bertz CT molecular complexity index is 878. The van der Waals surface area contributed by atoms with E-state index < -0.39 is 10.0 Å². The maximum atomic E-state index is 12.6. The molecule has 2 rings (SSSR count). The first-order valence-electron chi connectivity index (χ1n) is 9.17. The summed E-state index contributed by atoms with van der Waals surface area (Å²) < 4.78 is 30.7. The fourth-order valence-corrected chi connectivity index (χ4v) is 3.58. The van der Waals surface area contributed by atoms with E-state index in [4.69, 9.17) is 4.74 Å². The van der Waals surface area contributed by atoms with E-state index in [0.29, 0.717) is 6.42 Å². The fraction of sp³-hybridized carbons (Fsp3) is 0.381. The molecule has 0 fully saturated rings. The van der Waals surface area contributed by atoms with Crippen molar-refractivity contribution in [3.63, 3.8) is 0 Å². The van der Waals surface area contributed by atoms with Crippen LogP contribution in [0.2, 0.25) is 0 Å². The molecule has 0 saturated carbocycles. The predicted molar refractivity (Wildman–Crippen MR) is 111 cm³/mol. The Morgan fingerprint density at radius 1 is 1.11 bits per heavy atom. The molecule has 1 N–H and O–H groups in total. The van der Waals surface area contributed by atoms with Crippen molar-refractivity contribution in [2.24, 2.45) is 0 Å². The zero-order valence-electron chi connectivity index (χ0n) is 16.8. The molecule has 0 unspecified atom stereocenters. The third kappa shape index (κ3) is 6.35. The zero-order valence-corrected chi connectivity index (χ0v) is 17.6. The number of carbonyl (C=O) groups excluding carboxylic acids is 1. The Hall–Kier alpha value is -2.38. The van der Waals surface area contributed by atoms with Crippen LogP contribution in [0.3, 0.4) is 0 Å². The number of rotatable bonds is 9. The largest absolute Gasteiger partial charge is 0.497 e. The summed E-state index contributed by atoms with van der Waals surface area (Å²) in [5, 5.41) is 2.93. The van der Waals surface area contributed by atoms with Gasteiger partial charge in [-0.1, -0.05) is 48.9 Å². The maximum Gasteiger partial charge on any atom is 0.235 e. The summed E-state index contributed by atoms with van der Waals surface area (Å²) in [6.45, 7) is 3.87. The molecule has 0 aliphatic heterocycles. The van der Waals surface area contributed by atoms with Crippen molar-refractivity contribution >= 4 is 15.9 Å². The lowest BCUT2D eigenvalue weighted by atomic mass is 10.0. The number of ether oxygens (including phenoxy) is 1. The number of carbonyl (C=O) groups is 1. The summed E-state index contributed by atoms with van der Waals surface area (Å²) in [4.78, 5) is 12.6. The molecule has 1 amide bonds. The van der Waals surface area contributed by atoms with E-state index in [9.17, 15) is 13.2 Å². The maximum absolute atomic E-state index is 12.6. The molecular formula is C21H28N2O4S. The second-order valence-electron chi connectivity index (χ2n) is 6.82. The lowest BCUT2D eigenvalue weighted by molar-refractivity contribution is -0.122. The van der Waals surface area contributed by atoms with E-state index in [1.54, 1.807) is 7.11 Å². The summed E-state index contributed by atoms with van der Waals surface area (Å²) >= 11 is 0. The topological polar surface area (TPSA) is 75.7 Å². The van der Waals surface area contributed by atoms with Crippen LogP contribution in [0.4, 0.5) is 0 Å². The Kier molecular flexibility index (Phi) is 7.60. The molecule has 0 spiro atoms. The van der Waals surface area contributed by atoms with E-state index in [1.165, 1.54) is 4.31 Å². The van der Waals surface area contributed by atoms with Gasteiger partial charge in [0.15, 0.2) is 0 Å².